The van der Waals surface area contributed by atoms with Crippen LogP contribution in [0.5, 0.6) is 0 Å². The van der Waals surface area contributed by atoms with E-state index >= 15 is 0 Å². The van der Waals surface area contributed by atoms with Crippen molar-refractivity contribution in [1.29, 1.82) is 0 Å². The maximum atomic E-state index is 6.14. The molecule has 204 valence electrons. The fraction of sp³-hybridized carbons (Fsp3) is 0.290. The molecular formula is C31H36Br2N2NiOSi. The summed E-state index contributed by atoms with van der Waals surface area (Å²) in [7, 11) is -0.295. The van der Waals surface area contributed by atoms with Gasteiger partial charge in [0.1, 0.15) is 0 Å². The van der Waals surface area contributed by atoms with E-state index in [9.17, 15) is 0 Å². The quantitative estimate of drug-likeness (QED) is 0.102. The number of fused-ring (bicyclic) bond motifs is 2. The van der Waals surface area contributed by atoms with Crippen molar-refractivity contribution >= 4 is 81.1 Å². The molecule has 0 N–H and O–H groups in total. The third-order valence-electron chi connectivity index (χ3n) is 6.24. The Morgan fingerprint density at radius 3 is 1.74 bits per heavy atom. The fourth-order valence-electron chi connectivity index (χ4n) is 4.33. The summed E-state index contributed by atoms with van der Waals surface area (Å²) in [4.78, 5) is 10.4. The van der Waals surface area contributed by atoms with Gasteiger partial charge < -0.3 is 4.43 Å². The van der Waals surface area contributed by atoms with Crippen LogP contribution in [0.2, 0.25) is 19.6 Å². The van der Waals surface area contributed by atoms with Gasteiger partial charge in [0.25, 0.3) is 0 Å². The van der Waals surface area contributed by atoms with Gasteiger partial charge in [0.15, 0.2) is 8.32 Å². The first-order valence-corrected chi connectivity index (χ1v) is 21.0. The Kier molecular flexibility index (Phi) is 11.9. The average molecular weight is 699 g/mol. The molecule has 4 aromatic carbocycles. The second-order valence-electron chi connectivity index (χ2n) is 10.3. The average Bonchev–Trinajstić information content (AvgIpc) is 2.88. The molecule has 0 heterocycles. The van der Waals surface area contributed by atoms with E-state index in [-0.39, 0.29) is 0 Å². The molecule has 0 aliphatic carbocycles. The molecule has 38 heavy (non-hydrogen) atoms. The molecule has 7 heteroatoms. The molecular weight excluding hydrogens is 663 g/mol. The number of aliphatic imine (C=N–C) groups is 2. The summed E-state index contributed by atoms with van der Waals surface area (Å²) in [5.74, 6) is 0. The molecule has 0 bridgehead atoms. The summed E-state index contributed by atoms with van der Waals surface area (Å²) in [6, 6.07) is 25.6. The molecule has 0 aliphatic rings. The number of hydrogen-bond acceptors (Lipinski definition) is 3. The number of nitrogens with zero attached hydrogens (tertiary/aromatic N) is 2. The topological polar surface area (TPSA) is 34.0 Å². The Labute approximate surface area is 248 Å². The minimum absolute atomic E-state index is 0.754. The van der Waals surface area contributed by atoms with Crippen LogP contribution in [0.1, 0.15) is 30.9 Å². The van der Waals surface area contributed by atoms with E-state index in [1.807, 2.05) is 0 Å². The van der Waals surface area contributed by atoms with Crippen LogP contribution in [0, 0.1) is 13.8 Å². The van der Waals surface area contributed by atoms with Crippen molar-refractivity contribution in [2.75, 3.05) is 6.61 Å². The predicted octanol–water partition coefficient (Wildman–Crippen LogP) is 10.8. The van der Waals surface area contributed by atoms with Gasteiger partial charge in [-0.25, -0.2) is 0 Å². The van der Waals surface area contributed by atoms with Gasteiger partial charge in [-0.1, -0.05) is 72.8 Å². The van der Waals surface area contributed by atoms with Crippen LogP contribution in [-0.4, -0.2) is 26.3 Å². The van der Waals surface area contributed by atoms with Crippen LogP contribution in [-0.2, 0) is 15.3 Å². The molecule has 4 aromatic rings. The van der Waals surface area contributed by atoms with E-state index < -0.39 is 8.32 Å². The van der Waals surface area contributed by atoms with Gasteiger partial charge in [0.05, 0.1) is 22.8 Å². The van der Waals surface area contributed by atoms with Crippen molar-refractivity contribution in [3.63, 3.8) is 0 Å². The van der Waals surface area contributed by atoms with Crippen molar-refractivity contribution in [2.24, 2.45) is 9.98 Å². The monoisotopic (exact) mass is 696 g/mol. The van der Waals surface area contributed by atoms with Crippen LogP contribution < -0.4 is 0 Å². The summed E-state index contributed by atoms with van der Waals surface area (Å²) in [6.07, 6.45) is 1.75. The van der Waals surface area contributed by atoms with Crippen LogP contribution >= 0.6 is 28.5 Å². The third kappa shape index (κ3) is 8.69. The van der Waals surface area contributed by atoms with Crippen molar-refractivity contribution < 1.29 is 15.3 Å². The van der Waals surface area contributed by atoms with Crippen molar-refractivity contribution in [3.8, 4) is 0 Å². The van der Waals surface area contributed by atoms with E-state index in [1.54, 1.807) is 0 Å². The van der Waals surface area contributed by atoms with E-state index in [0.717, 1.165) is 42.2 Å². The van der Waals surface area contributed by atoms with Crippen molar-refractivity contribution in [1.82, 2.24) is 0 Å². The summed E-state index contributed by atoms with van der Waals surface area (Å²) >= 11 is 6.00. The van der Waals surface area contributed by atoms with Gasteiger partial charge in [-0.2, -0.15) is 0 Å². The van der Waals surface area contributed by atoms with Crippen LogP contribution in [0.4, 0.5) is 11.4 Å². The second kappa shape index (κ2) is 14.7. The number of hydrogen-bond donors (Lipinski definition) is 0. The van der Waals surface area contributed by atoms with Gasteiger partial charge in [-0.15, -0.1) is 0 Å². The zero-order valence-electron chi connectivity index (χ0n) is 22.9. The zero-order chi connectivity index (χ0) is 27.7. The Bertz CT molecular complexity index is 1450. The first-order chi connectivity index (χ1) is 18.1. The number of benzene rings is 4. The van der Waals surface area contributed by atoms with E-state index in [1.165, 1.54) is 43.6 Å². The molecule has 0 aromatic heterocycles. The van der Waals surface area contributed by atoms with Crippen molar-refractivity contribution in [3.05, 3.63) is 83.9 Å². The molecule has 3 nitrogen and oxygen atoms in total. The fourth-order valence-corrected chi connectivity index (χ4v) is 5.08. The molecule has 0 fully saturated rings. The Balaban J connectivity index is 0.00000127. The Morgan fingerprint density at radius 2 is 1.24 bits per heavy atom. The third-order valence-corrected chi connectivity index (χ3v) is 7.31. The molecule has 0 aliphatic heterocycles. The molecule has 4 rings (SSSR count). The van der Waals surface area contributed by atoms with E-state index in [0.29, 0.717) is 0 Å². The zero-order valence-corrected chi connectivity index (χ0v) is 28.1. The number of halogens is 2. The molecule has 0 atom stereocenters. The SMILES string of the molecule is CC(=Nc1c(C)ccc2ccccc12)C(CCCO[Si](C)(C)C)=Nc1c(C)ccc2ccccc12.[Br][Ni][Br]. The maximum absolute atomic E-state index is 6.14. The van der Waals surface area contributed by atoms with Crippen LogP contribution in [0.25, 0.3) is 21.5 Å². The second-order valence-corrected chi connectivity index (χ2v) is 19.8. The van der Waals surface area contributed by atoms with Gasteiger partial charge >= 0.3 is 39.3 Å². The predicted molar refractivity (Wildman–Crippen MR) is 174 cm³/mol. The van der Waals surface area contributed by atoms with Gasteiger partial charge in [0.2, 0.25) is 0 Å². The summed E-state index contributed by atoms with van der Waals surface area (Å²) in [5, 5.41) is 4.77. The van der Waals surface area contributed by atoms with Gasteiger partial charge in [-0.3, -0.25) is 9.98 Å². The minimum atomic E-state index is -1.54. The molecule has 0 unspecified atom stereocenters. The first kappa shape index (κ1) is 30.9. The number of rotatable bonds is 8. The van der Waals surface area contributed by atoms with Gasteiger partial charge in [0, 0.05) is 17.4 Å². The van der Waals surface area contributed by atoms with E-state index in [2.05, 4.69) is 142 Å². The summed E-state index contributed by atoms with van der Waals surface area (Å²) in [6.45, 7) is 13.8. The van der Waals surface area contributed by atoms with Crippen LogP contribution in [0.3, 0.4) is 0 Å². The summed E-state index contributed by atoms with van der Waals surface area (Å²) < 4.78 is 6.14. The normalized spacial score (nSPS) is 12.6. The standard InChI is InChI=1S/C31H36N2OSi.2BrH.Ni/c1-22-17-19-25-12-7-9-14-27(25)30(22)32-24(3)29(16-11-21-34-35(4,5)6)33-31-23(2)18-20-26-13-8-10-15-28(26)31;;;/h7-10,12-15,17-20H,11,16,21H2,1-6H3;2*1H;/q;;;+2/p-2. The van der Waals surface area contributed by atoms with E-state index in [4.69, 9.17) is 14.4 Å². The molecule has 0 radical (unpaired) electrons. The van der Waals surface area contributed by atoms with Crippen LogP contribution in [0.15, 0.2) is 82.8 Å². The van der Waals surface area contributed by atoms with Crippen molar-refractivity contribution in [2.45, 2.75) is 53.3 Å². The molecule has 0 saturated heterocycles. The Morgan fingerprint density at radius 1 is 0.763 bits per heavy atom. The Hall–Kier alpha value is -1.63. The molecule has 0 amide bonds. The summed E-state index contributed by atoms with van der Waals surface area (Å²) in [5.41, 5.74) is 6.40. The molecule has 0 saturated carbocycles. The van der Waals surface area contributed by atoms with Gasteiger partial charge in [-0.05, 0) is 75.2 Å². The molecule has 0 spiro atoms. The number of aryl methyl sites for hydroxylation is 2. The first-order valence-electron chi connectivity index (χ1n) is 12.7.